The molecule has 0 amide bonds. The zero-order chi connectivity index (χ0) is 17.3. The highest BCUT2D eigenvalue weighted by Crippen LogP contribution is 2.42. The first-order valence-electron chi connectivity index (χ1n) is 6.23. The maximum absolute atomic E-state index is 13.1. The van der Waals surface area contributed by atoms with Gasteiger partial charge in [-0.2, -0.15) is 17.2 Å². The number of ether oxygens (including phenoxy) is 1. The van der Waals surface area contributed by atoms with E-state index in [0.29, 0.717) is 0 Å². The normalized spacial score (nSPS) is 16.0. The van der Waals surface area contributed by atoms with Crippen LogP contribution >= 0.6 is 0 Å². The number of allylic oxidation sites excluding steroid dienone is 1. The highest BCUT2D eigenvalue weighted by molar-refractivity contribution is 7.86. The summed E-state index contributed by atoms with van der Waals surface area (Å²) in [7, 11) is -5.63. The molecule has 0 rings (SSSR count). The highest BCUT2D eigenvalue weighted by Gasteiger charge is 2.49. The Bertz CT molecular complexity index is 527. The molecule has 1 atom stereocenters. The van der Waals surface area contributed by atoms with Crippen LogP contribution in [0.25, 0.3) is 0 Å². The van der Waals surface area contributed by atoms with Gasteiger partial charge in [-0.1, -0.05) is 32.4 Å². The van der Waals surface area contributed by atoms with Gasteiger partial charge in [0.25, 0.3) is 0 Å². The van der Waals surface area contributed by atoms with Crippen LogP contribution in [0.2, 0.25) is 0 Å². The van der Waals surface area contributed by atoms with Crippen LogP contribution in [0.1, 0.15) is 41.5 Å². The molecule has 0 aliphatic carbocycles. The topological polar surface area (TPSA) is 80.7 Å². The van der Waals surface area contributed by atoms with Crippen LogP contribution in [0.5, 0.6) is 0 Å². The standard InChI is InChI=1S/C13H22F2O5S/c1-9(2)7-12(6,11(3,4)5)10(16)20-8-13(14,15)21(17,18)19/h7H,8H2,1-6H3,(H,17,18,19). The molecule has 1 N–H and O–H groups in total. The molecule has 21 heavy (non-hydrogen) atoms. The van der Waals surface area contributed by atoms with Crippen LogP contribution in [-0.4, -0.2) is 30.8 Å². The molecule has 124 valence electrons. The van der Waals surface area contributed by atoms with Crippen molar-refractivity contribution in [3.05, 3.63) is 11.6 Å². The van der Waals surface area contributed by atoms with Gasteiger partial charge in [0.15, 0.2) is 6.61 Å². The van der Waals surface area contributed by atoms with Crippen LogP contribution < -0.4 is 0 Å². The summed E-state index contributed by atoms with van der Waals surface area (Å²) in [5, 5.41) is -4.54. The lowest BCUT2D eigenvalue weighted by molar-refractivity contribution is -0.163. The van der Waals surface area contributed by atoms with Gasteiger partial charge in [0.05, 0.1) is 5.41 Å². The van der Waals surface area contributed by atoms with Crippen LogP contribution in [0.3, 0.4) is 0 Å². The van der Waals surface area contributed by atoms with E-state index in [1.807, 2.05) is 0 Å². The molecule has 0 saturated heterocycles. The van der Waals surface area contributed by atoms with Crippen molar-refractivity contribution < 1.29 is 31.3 Å². The molecular formula is C13H22F2O5S. The molecule has 0 bridgehead atoms. The van der Waals surface area contributed by atoms with Gasteiger partial charge in [-0.3, -0.25) is 9.35 Å². The van der Waals surface area contributed by atoms with E-state index in [-0.39, 0.29) is 0 Å². The molecule has 5 nitrogen and oxygen atoms in total. The second-order valence-electron chi connectivity index (χ2n) is 6.36. The number of carbonyl (C=O) groups excluding carboxylic acids is 1. The van der Waals surface area contributed by atoms with Gasteiger partial charge >= 0.3 is 21.3 Å². The quantitative estimate of drug-likeness (QED) is 0.477. The van der Waals surface area contributed by atoms with Gasteiger partial charge in [-0.25, -0.2) is 0 Å². The van der Waals surface area contributed by atoms with E-state index >= 15 is 0 Å². The molecule has 0 aliphatic heterocycles. The van der Waals surface area contributed by atoms with Gasteiger partial charge in [-0.15, -0.1) is 0 Å². The smallest absolute Gasteiger partial charge is 0.402 e. The number of hydrogen-bond donors (Lipinski definition) is 1. The summed E-state index contributed by atoms with van der Waals surface area (Å²) in [5.74, 6) is -0.987. The SMILES string of the molecule is CC(C)=CC(C)(C(=O)OCC(F)(F)S(=O)(=O)O)C(C)(C)C. The highest BCUT2D eigenvalue weighted by atomic mass is 32.2. The maximum atomic E-state index is 13.1. The Morgan fingerprint density at radius 2 is 1.62 bits per heavy atom. The third-order valence-corrected chi connectivity index (χ3v) is 4.18. The lowest BCUT2D eigenvalue weighted by Gasteiger charge is -2.37. The molecule has 0 aromatic rings. The summed E-state index contributed by atoms with van der Waals surface area (Å²) < 4.78 is 60.0. The summed E-state index contributed by atoms with van der Waals surface area (Å²) in [6, 6.07) is 0. The van der Waals surface area contributed by atoms with E-state index in [0.717, 1.165) is 5.57 Å². The summed E-state index contributed by atoms with van der Waals surface area (Å²) in [6.45, 7) is 8.47. The summed E-state index contributed by atoms with van der Waals surface area (Å²) in [4.78, 5) is 12.1. The fourth-order valence-electron chi connectivity index (χ4n) is 1.53. The van der Waals surface area contributed by atoms with Gasteiger partial charge in [-0.05, 0) is 26.2 Å². The van der Waals surface area contributed by atoms with E-state index in [9.17, 15) is 22.0 Å². The minimum atomic E-state index is -5.63. The van der Waals surface area contributed by atoms with Crippen molar-refractivity contribution in [3.8, 4) is 0 Å². The minimum absolute atomic E-state index is 0.644. The summed E-state index contributed by atoms with van der Waals surface area (Å²) >= 11 is 0. The van der Waals surface area contributed by atoms with Crippen molar-refractivity contribution in [3.63, 3.8) is 0 Å². The first-order chi connectivity index (χ1) is 9.04. The number of rotatable bonds is 5. The Morgan fingerprint density at radius 1 is 1.19 bits per heavy atom. The number of alkyl halides is 2. The molecule has 1 unspecified atom stereocenters. The van der Waals surface area contributed by atoms with Gasteiger partial charge in [0, 0.05) is 0 Å². The van der Waals surface area contributed by atoms with Crippen molar-refractivity contribution in [2.75, 3.05) is 6.61 Å². The largest absolute Gasteiger partial charge is 0.457 e. The molecular weight excluding hydrogens is 306 g/mol. The molecule has 0 aliphatic rings. The Hall–Kier alpha value is -1.02. The lowest BCUT2D eigenvalue weighted by Crippen LogP contribution is -2.43. The second-order valence-corrected chi connectivity index (χ2v) is 7.91. The van der Waals surface area contributed by atoms with Gasteiger partial charge in [0.1, 0.15) is 0 Å². The summed E-state index contributed by atoms with van der Waals surface area (Å²) in [6.07, 6.45) is 1.58. The van der Waals surface area contributed by atoms with E-state index in [4.69, 9.17) is 4.55 Å². The second kappa shape index (κ2) is 6.00. The average Bonchev–Trinajstić information content (AvgIpc) is 2.21. The van der Waals surface area contributed by atoms with Crippen LogP contribution in [0, 0.1) is 10.8 Å². The first kappa shape index (κ1) is 20.0. The molecule has 0 radical (unpaired) electrons. The zero-order valence-electron chi connectivity index (χ0n) is 13.0. The number of carbonyl (C=O) groups is 1. The van der Waals surface area contributed by atoms with E-state index in [2.05, 4.69) is 4.74 Å². The van der Waals surface area contributed by atoms with E-state index < -0.39 is 38.8 Å². The molecule has 0 saturated carbocycles. The van der Waals surface area contributed by atoms with Crippen LogP contribution in [-0.2, 0) is 19.6 Å². The van der Waals surface area contributed by atoms with Gasteiger partial charge < -0.3 is 4.74 Å². The zero-order valence-corrected chi connectivity index (χ0v) is 13.8. The van der Waals surface area contributed by atoms with E-state index in [1.165, 1.54) is 6.92 Å². The molecule has 8 heteroatoms. The third kappa shape index (κ3) is 4.74. The van der Waals surface area contributed by atoms with Crippen molar-refractivity contribution in [1.29, 1.82) is 0 Å². The Balaban J connectivity index is 5.36. The summed E-state index contributed by atoms with van der Waals surface area (Å²) in [5.41, 5.74) is -1.08. The van der Waals surface area contributed by atoms with Crippen LogP contribution in [0.15, 0.2) is 11.6 Å². The number of hydrogen-bond acceptors (Lipinski definition) is 4. The Kier molecular flexibility index (Phi) is 5.71. The minimum Gasteiger partial charge on any atom is -0.457 e. The maximum Gasteiger partial charge on any atom is 0.402 e. The predicted molar refractivity (Wildman–Crippen MR) is 74.4 cm³/mol. The van der Waals surface area contributed by atoms with Crippen molar-refractivity contribution >= 4 is 16.1 Å². The van der Waals surface area contributed by atoms with Crippen molar-refractivity contribution in [1.82, 2.24) is 0 Å². The molecule has 0 aromatic carbocycles. The van der Waals surface area contributed by atoms with Crippen molar-refractivity contribution in [2.45, 2.75) is 46.8 Å². The molecule has 0 fully saturated rings. The average molecular weight is 328 g/mol. The van der Waals surface area contributed by atoms with E-state index in [1.54, 1.807) is 40.7 Å². The molecule has 0 aromatic heterocycles. The Morgan fingerprint density at radius 3 is 1.90 bits per heavy atom. The number of esters is 1. The van der Waals surface area contributed by atoms with Crippen LogP contribution in [0.4, 0.5) is 8.78 Å². The fraction of sp³-hybridized carbons (Fsp3) is 0.769. The first-order valence-corrected chi connectivity index (χ1v) is 7.67. The molecule has 0 spiro atoms. The van der Waals surface area contributed by atoms with Gasteiger partial charge in [0.2, 0.25) is 0 Å². The Labute approximate surface area is 124 Å². The predicted octanol–water partition coefficient (Wildman–Crippen LogP) is 3.03. The monoisotopic (exact) mass is 328 g/mol. The third-order valence-electron chi connectivity index (χ3n) is 3.31. The number of halogens is 2. The van der Waals surface area contributed by atoms with Crippen molar-refractivity contribution in [2.24, 2.45) is 10.8 Å². The fourth-order valence-corrected chi connectivity index (χ4v) is 1.74. The molecule has 0 heterocycles. The lowest BCUT2D eigenvalue weighted by atomic mass is 9.67.